The van der Waals surface area contributed by atoms with Gasteiger partial charge in [0.1, 0.15) is 23.9 Å². The summed E-state index contributed by atoms with van der Waals surface area (Å²) in [5.74, 6) is 0.175. The molecule has 0 aliphatic carbocycles. The number of aliphatic imine (C=N–C) groups is 2. The van der Waals surface area contributed by atoms with Crippen molar-refractivity contribution in [3.63, 3.8) is 0 Å². The molecule has 29 heavy (non-hydrogen) atoms. The fourth-order valence-electron chi connectivity index (χ4n) is 3.13. The molecule has 0 spiro atoms. The fraction of sp³-hybridized carbons (Fsp3) is 0.0909. The van der Waals surface area contributed by atoms with E-state index in [1.807, 2.05) is 48.6 Å². The molecule has 1 amide bonds. The Morgan fingerprint density at radius 1 is 1.17 bits per heavy atom. The topological polar surface area (TPSA) is 93.2 Å². The highest BCUT2D eigenvalue weighted by molar-refractivity contribution is 5.92. The quantitative estimate of drug-likeness (QED) is 0.817. The molecule has 3 heterocycles. The smallest absolute Gasteiger partial charge is 0.265 e. The van der Waals surface area contributed by atoms with Crippen molar-refractivity contribution >= 4 is 35.4 Å². The molecule has 2 aliphatic heterocycles. The summed E-state index contributed by atoms with van der Waals surface area (Å²) in [4.78, 5) is 26.1. The molecule has 2 aromatic rings. The maximum Gasteiger partial charge on any atom is 0.265 e. The van der Waals surface area contributed by atoms with Crippen molar-refractivity contribution in [1.82, 2.24) is 9.88 Å². The zero-order valence-electron chi connectivity index (χ0n) is 15.6. The first-order valence-corrected chi connectivity index (χ1v) is 9.09. The van der Waals surface area contributed by atoms with Crippen LogP contribution < -0.4 is 10.5 Å². The molecule has 0 saturated heterocycles. The van der Waals surface area contributed by atoms with Gasteiger partial charge >= 0.3 is 0 Å². The SMILES string of the molecule is NC(=O)C1=CC2CN1C=CN=CN=CC=CC=Cc1ccc3nccc(c3c1)O2. The molecule has 0 saturated carbocycles. The molecule has 4 bridgehead atoms. The average molecular weight is 385 g/mol. The predicted molar refractivity (Wildman–Crippen MR) is 114 cm³/mol. The Balaban J connectivity index is 1.76. The van der Waals surface area contributed by atoms with Crippen LogP contribution in [-0.4, -0.2) is 41.0 Å². The monoisotopic (exact) mass is 385 g/mol. The summed E-state index contributed by atoms with van der Waals surface area (Å²) < 4.78 is 6.20. The molecule has 7 nitrogen and oxygen atoms in total. The lowest BCUT2D eigenvalue weighted by atomic mass is 10.1. The first kappa shape index (κ1) is 18.4. The molecular weight excluding hydrogens is 366 g/mol. The summed E-state index contributed by atoms with van der Waals surface area (Å²) in [6.07, 6.45) is 17.0. The largest absolute Gasteiger partial charge is 0.484 e. The van der Waals surface area contributed by atoms with Crippen LogP contribution in [0.3, 0.4) is 0 Å². The molecule has 1 aromatic heterocycles. The molecule has 7 heteroatoms. The number of fused-ring (bicyclic) bond motifs is 3. The molecule has 1 aromatic carbocycles. The van der Waals surface area contributed by atoms with Gasteiger partial charge in [-0.15, -0.1) is 0 Å². The highest BCUT2D eigenvalue weighted by Crippen LogP contribution is 2.28. The van der Waals surface area contributed by atoms with E-state index in [-0.39, 0.29) is 6.10 Å². The Kier molecular flexibility index (Phi) is 5.29. The lowest BCUT2D eigenvalue weighted by molar-refractivity contribution is -0.115. The summed E-state index contributed by atoms with van der Waals surface area (Å²) in [5, 5.41) is 0.897. The zero-order chi connectivity index (χ0) is 20.1. The lowest BCUT2D eigenvalue weighted by Gasteiger charge is -2.18. The first-order valence-electron chi connectivity index (χ1n) is 9.09. The van der Waals surface area contributed by atoms with Gasteiger partial charge in [0.15, 0.2) is 0 Å². The highest BCUT2D eigenvalue weighted by atomic mass is 16.5. The number of carbonyl (C=O) groups is 1. The number of nitrogens with two attached hydrogens (primary N) is 1. The van der Waals surface area contributed by atoms with E-state index in [0.29, 0.717) is 18.0 Å². The Morgan fingerprint density at radius 3 is 3.00 bits per heavy atom. The molecule has 0 radical (unpaired) electrons. The summed E-state index contributed by atoms with van der Waals surface area (Å²) >= 11 is 0. The molecule has 144 valence electrons. The van der Waals surface area contributed by atoms with E-state index in [2.05, 4.69) is 15.0 Å². The number of primary amides is 1. The Bertz CT molecular complexity index is 1110. The highest BCUT2D eigenvalue weighted by Gasteiger charge is 2.27. The van der Waals surface area contributed by atoms with E-state index in [9.17, 15) is 4.79 Å². The second-order valence-electron chi connectivity index (χ2n) is 6.42. The minimum atomic E-state index is -0.522. The van der Waals surface area contributed by atoms with Gasteiger partial charge in [0.25, 0.3) is 5.91 Å². The third-order valence-corrected chi connectivity index (χ3v) is 4.44. The van der Waals surface area contributed by atoms with Crippen LogP contribution in [0.25, 0.3) is 17.0 Å². The lowest BCUT2D eigenvalue weighted by Crippen LogP contribution is -2.27. The van der Waals surface area contributed by atoms with Gasteiger partial charge in [-0.25, -0.2) is 9.98 Å². The average Bonchev–Trinajstić information content (AvgIpc) is 3.12. The maximum absolute atomic E-state index is 11.8. The summed E-state index contributed by atoms with van der Waals surface area (Å²) in [6.45, 7) is 0.444. The molecule has 1 unspecified atom stereocenters. The summed E-state index contributed by atoms with van der Waals surface area (Å²) in [7, 11) is 0. The molecular formula is C22H19N5O2. The minimum absolute atomic E-state index is 0.337. The number of carbonyl (C=O) groups excluding carboxylic acids is 1. The molecule has 2 N–H and O–H groups in total. The number of nitrogens with zero attached hydrogens (tertiary/aromatic N) is 4. The minimum Gasteiger partial charge on any atom is -0.484 e. The fourth-order valence-corrected chi connectivity index (χ4v) is 3.13. The van der Waals surface area contributed by atoms with Crippen molar-refractivity contribution in [1.29, 1.82) is 0 Å². The van der Waals surface area contributed by atoms with Crippen LogP contribution in [-0.2, 0) is 4.79 Å². The van der Waals surface area contributed by atoms with Crippen molar-refractivity contribution in [2.45, 2.75) is 6.10 Å². The van der Waals surface area contributed by atoms with Crippen LogP contribution in [0.4, 0.5) is 0 Å². The van der Waals surface area contributed by atoms with Gasteiger partial charge in [-0.05, 0) is 35.9 Å². The van der Waals surface area contributed by atoms with E-state index in [4.69, 9.17) is 10.5 Å². The Hall–Kier alpha value is -4.00. The summed E-state index contributed by atoms with van der Waals surface area (Å²) in [5.41, 5.74) is 7.74. The third-order valence-electron chi connectivity index (χ3n) is 4.44. The van der Waals surface area contributed by atoms with Crippen molar-refractivity contribution in [3.05, 3.63) is 78.4 Å². The van der Waals surface area contributed by atoms with Crippen LogP contribution in [0, 0.1) is 0 Å². The van der Waals surface area contributed by atoms with Gasteiger partial charge < -0.3 is 15.4 Å². The maximum atomic E-state index is 11.8. The number of pyridine rings is 1. The Labute approximate surface area is 167 Å². The summed E-state index contributed by atoms with van der Waals surface area (Å²) in [6, 6.07) is 7.80. The van der Waals surface area contributed by atoms with Gasteiger partial charge in [0, 0.05) is 30.2 Å². The van der Waals surface area contributed by atoms with E-state index in [1.165, 1.54) is 6.34 Å². The van der Waals surface area contributed by atoms with E-state index >= 15 is 0 Å². The van der Waals surface area contributed by atoms with Crippen LogP contribution in [0.15, 0.2) is 82.8 Å². The van der Waals surface area contributed by atoms with Crippen molar-refractivity contribution in [2.75, 3.05) is 6.54 Å². The second kappa shape index (κ2) is 8.35. The molecule has 4 rings (SSSR count). The number of benzene rings is 1. The normalized spacial score (nSPS) is 18.6. The zero-order valence-corrected chi connectivity index (χ0v) is 15.6. The van der Waals surface area contributed by atoms with Crippen LogP contribution in [0.5, 0.6) is 5.75 Å². The van der Waals surface area contributed by atoms with Crippen molar-refractivity contribution in [3.8, 4) is 5.75 Å². The van der Waals surface area contributed by atoms with Crippen molar-refractivity contribution < 1.29 is 9.53 Å². The molecule has 1 atom stereocenters. The number of amides is 1. The van der Waals surface area contributed by atoms with Gasteiger partial charge in [-0.1, -0.05) is 24.3 Å². The number of ether oxygens (including phenoxy) is 1. The van der Waals surface area contributed by atoms with Crippen LogP contribution in [0.1, 0.15) is 5.56 Å². The van der Waals surface area contributed by atoms with Gasteiger partial charge in [0.2, 0.25) is 0 Å². The number of hydrogen-bond acceptors (Lipinski definition) is 6. The first-order chi connectivity index (χ1) is 14.2. The predicted octanol–water partition coefficient (Wildman–Crippen LogP) is 2.82. The third kappa shape index (κ3) is 4.30. The van der Waals surface area contributed by atoms with Gasteiger partial charge in [-0.3, -0.25) is 9.78 Å². The second-order valence-corrected chi connectivity index (χ2v) is 6.42. The van der Waals surface area contributed by atoms with Gasteiger partial charge in [0.05, 0.1) is 12.1 Å². The number of hydrogen-bond donors (Lipinski definition) is 1. The van der Waals surface area contributed by atoms with Crippen LogP contribution >= 0.6 is 0 Å². The molecule has 2 aliphatic rings. The Morgan fingerprint density at radius 2 is 2.10 bits per heavy atom. The van der Waals surface area contributed by atoms with Crippen molar-refractivity contribution in [2.24, 2.45) is 15.7 Å². The number of aromatic nitrogens is 1. The van der Waals surface area contributed by atoms with E-state index in [0.717, 1.165) is 16.5 Å². The number of allylic oxidation sites excluding steroid dienone is 3. The van der Waals surface area contributed by atoms with Gasteiger partial charge in [-0.2, -0.15) is 0 Å². The van der Waals surface area contributed by atoms with E-state index < -0.39 is 5.91 Å². The standard InChI is InChI=1S/C22H19N5O2/c23-22(28)20-13-17-14-27(20)11-10-25-15-24-8-3-1-2-4-16-5-6-19-18(12-16)21(29-17)7-9-26-19/h1-13,15,17H,14H2,(H2,23,28). The van der Waals surface area contributed by atoms with E-state index in [1.54, 1.807) is 35.8 Å². The number of rotatable bonds is 1. The molecule has 0 fully saturated rings. The van der Waals surface area contributed by atoms with Crippen LogP contribution in [0.2, 0.25) is 0 Å².